The van der Waals surface area contributed by atoms with E-state index in [2.05, 4.69) is 19.9 Å². The molecule has 2 atom stereocenters. The molecule has 4 N–H and O–H groups in total. The van der Waals surface area contributed by atoms with Crippen LogP contribution < -0.4 is 9.47 Å². The molecule has 4 aliphatic rings. The number of carbonyl (C=O) groups is 2. The Balaban J connectivity index is 0.000000154. The number of rotatable bonds is 8. The third-order valence-electron chi connectivity index (χ3n) is 12.6. The molecular weight excluding hydrogens is 803 g/mol. The molecule has 4 aromatic heterocycles. The Hall–Kier alpha value is -5.14. The normalized spacial score (nSPS) is 19.1. The number of H-pyrrole nitrogens is 2. The number of carbonyl (C=O) groups excluding carboxylic acids is 2. The zero-order valence-electron chi connectivity index (χ0n) is 33.2. The van der Waals surface area contributed by atoms with Gasteiger partial charge in [0, 0.05) is 120 Å². The van der Waals surface area contributed by atoms with E-state index in [1.54, 1.807) is 12.4 Å². The number of aromatic amines is 2. The first-order chi connectivity index (χ1) is 29.3. The molecule has 8 heterocycles. The predicted molar refractivity (Wildman–Crippen MR) is 231 cm³/mol. The summed E-state index contributed by atoms with van der Waals surface area (Å²) >= 11 is 12.9. The van der Waals surface area contributed by atoms with E-state index in [1.807, 2.05) is 70.7 Å². The van der Waals surface area contributed by atoms with Crippen LogP contribution in [0, 0.1) is 11.8 Å². The van der Waals surface area contributed by atoms with Gasteiger partial charge in [0.15, 0.2) is 12.2 Å². The maximum Gasteiger partial charge on any atom is 0.263 e. The van der Waals surface area contributed by atoms with Crippen LogP contribution in [0.2, 0.25) is 10.0 Å². The van der Waals surface area contributed by atoms with Gasteiger partial charge in [0.05, 0.1) is 0 Å². The highest BCUT2D eigenvalue weighted by atomic mass is 35.5. The summed E-state index contributed by atoms with van der Waals surface area (Å²) in [6.07, 6.45) is 12.6. The van der Waals surface area contributed by atoms with Gasteiger partial charge < -0.3 is 39.5 Å². The van der Waals surface area contributed by atoms with Gasteiger partial charge in [0.25, 0.3) is 11.8 Å². The van der Waals surface area contributed by atoms with Crippen molar-refractivity contribution in [1.82, 2.24) is 29.7 Å². The Morgan fingerprint density at radius 3 is 1.45 bits per heavy atom. The standard InChI is InChI=1S/2C23H24ClN3O3/c2*24-16-11-15-12-20(23(29)27-8-3-14(4-9-27)5-10-28)30-21(15)19(13-16)17-1-6-25-22-18(17)2-7-26-22/h2*1-2,6-7,11,13-14,20,28H,3-5,8-10,12H2,(H,25,26)/t2*20-/m10/s1. The zero-order chi connectivity index (χ0) is 41.3. The predicted octanol–water partition coefficient (Wildman–Crippen LogP) is 7.62. The summed E-state index contributed by atoms with van der Waals surface area (Å²) in [7, 11) is 0. The number of aromatic nitrogens is 4. The van der Waals surface area contributed by atoms with E-state index < -0.39 is 12.2 Å². The van der Waals surface area contributed by atoms with Crippen molar-refractivity contribution < 1.29 is 29.3 Å². The number of amides is 2. The van der Waals surface area contributed by atoms with Crippen LogP contribution in [0.1, 0.15) is 49.7 Å². The minimum atomic E-state index is -0.518. The molecule has 0 unspecified atom stereocenters. The zero-order valence-corrected chi connectivity index (χ0v) is 34.7. The summed E-state index contributed by atoms with van der Waals surface area (Å²) in [5.74, 6) is 2.56. The Bertz CT molecular complexity index is 2350. The summed E-state index contributed by atoms with van der Waals surface area (Å²) < 4.78 is 12.5. The highest BCUT2D eigenvalue weighted by molar-refractivity contribution is 6.31. The quantitative estimate of drug-likeness (QED) is 0.122. The molecule has 0 radical (unpaired) electrons. The molecule has 0 saturated carbocycles. The average molecular weight is 852 g/mol. The molecule has 2 saturated heterocycles. The van der Waals surface area contributed by atoms with E-state index in [-0.39, 0.29) is 25.0 Å². The minimum absolute atomic E-state index is 0.0391. The van der Waals surface area contributed by atoms with E-state index in [9.17, 15) is 9.59 Å². The van der Waals surface area contributed by atoms with Gasteiger partial charge in [-0.05, 0) is 110 Å². The fourth-order valence-corrected chi connectivity index (χ4v) is 9.85. The number of pyridine rings is 2. The number of fused-ring (bicyclic) bond motifs is 4. The molecule has 2 fully saturated rings. The number of nitrogens with one attached hydrogen (secondary N) is 2. The van der Waals surface area contributed by atoms with Gasteiger partial charge in [0.1, 0.15) is 22.8 Å². The lowest BCUT2D eigenvalue weighted by molar-refractivity contribution is -0.140. The first-order valence-electron chi connectivity index (χ1n) is 20.9. The van der Waals surface area contributed by atoms with Crippen LogP contribution >= 0.6 is 23.2 Å². The Morgan fingerprint density at radius 2 is 1.05 bits per heavy atom. The molecule has 0 bridgehead atoms. The average Bonchev–Trinajstić information content (AvgIpc) is 4.10. The van der Waals surface area contributed by atoms with Gasteiger partial charge >= 0.3 is 0 Å². The second-order valence-corrected chi connectivity index (χ2v) is 17.1. The van der Waals surface area contributed by atoms with E-state index in [4.69, 9.17) is 42.9 Å². The number of halogens is 2. The molecular formula is C46H48Cl2N6O6. The Morgan fingerprint density at radius 1 is 0.633 bits per heavy atom. The number of benzene rings is 2. The van der Waals surface area contributed by atoms with Crippen molar-refractivity contribution in [2.24, 2.45) is 11.8 Å². The van der Waals surface area contributed by atoms with Crippen LogP contribution in [0.3, 0.4) is 0 Å². The monoisotopic (exact) mass is 850 g/mol. The minimum Gasteiger partial charge on any atom is -0.479 e. The summed E-state index contributed by atoms with van der Waals surface area (Å²) in [5, 5.41) is 21.5. The third-order valence-corrected chi connectivity index (χ3v) is 13.0. The number of aliphatic hydroxyl groups excluding tert-OH is 2. The van der Waals surface area contributed by atoms with Crippen LogP contribution in [0.5, 0.6) is 11.5 Å². The van der Waals surface area contributed by atoms with Crippen molar-refractivity contribution in [2.45, 2.75) is 63.6 Å². The van der Waals surface area contributed by atoms with Crippen molar-refractivity contribution in [3.05, 3.63) is 94.5 Å². The van der Waals surface area contributed by atoms with Crippen molar-refractivity contribution >= 4 is 57.1 Å². The summed E-state index contributed by atoms with van der Waals surface area (Å²) in [6, 6.07) is 15.5. The van der Waals surface area contributed by atoms with Crippen LogP contribution in [0.15, 0.2) is 73.3 Å². The number of likely N-dealkylation sites (tertiary alicyclic amines) is 2. The molecule has 2 aromatic carbocycles. The van der Waals surface area contributed by atoms with Crippen LogP contribution in [-0.4, -0.2) is 103 Å². The smallest absolute Gasteiger partial charge is 0.263 e. The first-order valence-corrected chi connectivity index (χ1v) is 21.7. The lowest BCUT2D eigenvalue weighted by Crippen LogP contribution is -2.45. The second-order valence-electron chi connectivity index (χ2n) is 16.3. The third kappa shape index (κ3) is 8.05. The van der Waals surface area contributed by atoms with E-state index in [0.29, 0.717) is 34.7 Å². The fourth-order valence-electron chi connectivity index (χ4n) is 9.37. The fraction of sp³-hybridized carbons (Fsp3) is 0.391. The van der Waals surface area contributed by atoms with E-state index in [1.165, 1.54) is 0 Å². The number of nitrogens with zero attached hydrogens (tertiary/aromatic N) is 4. The van der Waals surface area contributed by atoms with Crippen molar-refractivity contribution in [3.63, 3.8) is 0 Å². The van der Waals surface area contributed by atoms with Gasteiger partial charge in [-0.25, -0.2) is 9.97 Å². The molecule has 14 heteroatoms. The topological polar surface area (TPSA) is 157 Å². The molecule has 0 spiro atoms. The summed E-state index contributed by atoms with van der Waals surface area (Å²) in [4.78, 5) is 45.1. The van der Waals surface area contributed by atoms with Gasteiger partial charge in [-0.15, -0.1) is 0 Å². The Kier molecular flexibility index (Phi) is 11.7. The van der Waals surface area contributed by atoms with Crippen LogP contribution in [0.4, 0.5) is 0 Å². The van der Waals surface area contributed by atoms with Gasteiger partial charge in [0.2, 0.25) is 0 Å². The maximum atomic E-state index is 13.1. The second kappa shape index (κ2) is 17.5. The van der Waals surface area contributed by atoms with Crippen molar-refractivity contribution in [3.8, 4) is 33.8 Å². The number of aliphatic hydroxyl groups is 2. The highest BCUT2D eigenvalue weighted by Gasteiger charge is 2.37. The molecule has 4 aliphatic heterocycles. The number of hydrogen-bond acceptors (Lipinski definition) is 8. The molecule has 2 amide bonds. The molecule has 312 valence electrons. The Labute approximate surface area is 357 Å². The van der Waals surface area contributed by atoms with Crippen molar-refractivity contribution in [2.75, 3.05) is 39.4 Å². The maximum absolute atomic E-state index is 13.1. The highest BCUT2D eigenvalue weighted by Crippen LogP contribution is 2.45. The van der Waals surface area contributed by atoms with E-state index >= 15 is 0 Å². The molecule has 0 aliphatic carbocycles. The van der Waals surface area contributed by atoms with Gasteiger partial charge in [-0.2, -0.15) is 0 Å². The number of ether oxygens (including phenoxy) is 2. The van der Waals surface area contributed by atoms with Crippen LogP contribution in [-0.2, 0) is 22.4 Å². The number of hydrogen-bond donors (Lipinski definition) is 4. The SMILES string of the molecule is O=C([C@@H]1Cc2cc(Cl)cc(-c3ccnc4[nH]ccc34)c2O1)N1CCC(CCO)CC1.O=C([C@H]1Cc2cc(Cl)cc(-c3ccnc4[nH]ccc34)c2O1)N1CCC(CCO)CC1. The molecule has 10 rings (SSSR count). The largest absolute Gasteiger partial charge is 0.479 e. The van der Waals surface area contributed by atoms with Crippen molar-refractivity contribution in [1.29, 1.82) is 0 Å². The summed E-state index contributed by atoms with van der Waals surface area (Å²) in [6.45, 7) is 3.33. The van der Waals surface area contributed by atoms with E-state index in [0.717, 1.165) is 132 Å². The van der Waals surface area contributed by atoms with Gasteiger partial charge in [-0.1, -0.05) is 23.2 Å². The lowest BCUT2D eigenvalue weighted by Gasteiger charge is -2.33. The molecule has 6 aromatic rings. The molecule has 12 nitrogen and oxygen atoms in total. The molecule has 60 heavy (non-hydrogen) atoms. The lowest BCUT2D eigenvalue weighted by atomic mass is 9.93. The van der Waals surface area contributed by atoms with Crippen LogP contribution in [0.25, 0.3) is 44.3 Å². The number of piperidine rings is 2. The summed E-state index contributed by atoms with van der Waals surface area (Å²) in [5.41, 5.74) is 7.28. The van der Waals surface area contributed by atoms with Gasteiger partial charge in [-0.3, -0.25) is 9.59 Å². The first kappa shape index (κ1) is 40.3.